The summed E-state index contributed by atoms with van der Waals surface area (Å²) < 4.78 is 0. The smallest absolute Gasteiger partial charge is 0.870 e. The van der Waals surface area contributed by atoms with Gasteiger partial charge in [-0.1, -0.05) is 0 Å². The minimum Gasteiger partial charge on any atom is -0.870 e. The second-order valence-electron chi connectivity index (χ2n) is 0. The fraction of sp³-hybridized carbons (Fsp3) is 0. The predicted octanol–water partition coefficient (Wildman–Crippen LogP) is -12.5. The molecule has 0 unspecified atom stereocenters. The van der Waals surface area contributed by atoms with Gasteiger partial charge < -0.3 is 16.4 Å². The van der Waals surface area contributed by atoms with Gasteiger partial charge in [0.25, 0.3) is 0 Å². The first-order valence-corrected chi connectivity index (χ1v) is 0. The molecule has 0 saturated carbocycles. The van der Waals surface area contributed by atoms with Crippen LogP contribution in [0.2, 0.25) is 0 Å². The molecule has 0 bridgehead atoms. The molecule has 0 heterocycles. The summed E-state index contributed by atoms with van der Waals surface area (Å²) in [6.07, 6.45) is 0. The maximum Gasteiger partial charge on any atom is 1.00 e. The molecule has 0 aromatic rings. The van der Waals surface area contributed by atoms with Crippen LogP contribution in [0.15, 0.2) is 0 Å². The van der Waals surface area contributed by atoms with E-state index in [1.807, 2.05) is 0 Å². The van der Waals surface area contributed by atoms with Crippen molar-refractivity contribution < 1.29 is 222 Å². The summed E-state index contributed by atoms with van der Waals surface area (Å²) in [5, 5.41) is 0. The molecular formula is H3K4O3+. The Hall–Kier alpha value is 6.43. The standard InChI is InChI=1S/4K.3H2O/h;;;;3*1H2/q4*+1;;;/p-3. The largest absolute Gasteiger partial charge is 1.00 e. The van der Waals surface area contributed by atoms with Crippen LogP contribution in [0, 0.1) is 0 Å². The first-order valence-electron chi connectivity index (χ1n) is 0. The van der Waals surface area contributed by atoms with Crippen LogP contribution in [-0.4, -0.2) is 16.4 Å². The van der Waals surface area contributed by atoms with Crippen LogP contribution in [0.3, 0.4) is 0 Å². The third-order valence-corrected chi connectivity index (χ3v) is 0. The second kappa shape index (κ2) is 39.3. The van der Waals surface area contributed by atoms with Crippen LogP contribution in [0.1, 0.15) is 0 Å². The molecule has 0 fully saturated rings. The van der Waals surface area contributed by atoms with Crippen molar-refractivity contribution in [1.29, 1.82) is 0 Å². The molecule has 0 aromatic carbocycles. The molecule has 24 valence electrons. The van der Waals surface area contributed by atoms with E-state index in [2.05, 4.69) is 0 Å². The molecule has 0 aliphatic heterocycles. The van der Waals surface area contributed by atoms with Crippen molar-refractivity contribution in [3.05, 3.63) is 0 Å². The van der Waals surface area contributed by atoms with E-state index in [0.717, 1.165) is 0 Å². The summed E-state index contributed by atoms with van der Waals surface area (Å²) in [5.41, 5.74) is 0. The van der Waals surface area contributed by atoms with Crippen LogP contribution >= 0.6 is 0 Å². The molecular weight excluding hydrogens is 204 g/mol. The third-order valence-electron chi connectivity index (χ3n) is 0. The first-order chi connectivity index (χ1) is 0. The van der Waals surface area contributed by atoms with Crippen molar-refractivity contribution in [3.63, 3.8) is 0 Å². The quantitative estimate of drug-likeness (QED) is 0.369. The van der Waals surface area contributed by atoms with Gasteiger partial charge >= 0.3 is 206 Å². The van der Waals surface area contributed by atoms with Crippen molar-refractivity contribution in [3.8, 4) is 0 Å². The van der Waals surface area contributed by atoms with Crippen LogP contribution in [-0.2, 0) is 0 Å². The van der Waals surface area contributed by atoms with Gasteiger partial charge in [-0.15, -0.1) is 0 Å². The first kappa shape index (κ1) is 50.2. The molecule has 3 N–H and O–H groups in total. The van der Waals surface area contributed by atoms with E-state index in [1.165, 1.54) is 0 Å². The van der Waals surface area contributed by atoms with Gasteiger partial charge in [0.1, 0.15) is 0 Å². The SMILES string of the molecule is [K+].[K+].[K+].[K+].[OH-].[OH-].[OH-]. The van der Waals surface area contributed by atoms with Gasteiger partial charge in [0.2, 0.25) is 0 Å². The Morgan fingerprint density at radius 1 is 0.286 bits per heavy atom. The molecule has 7 heteroatoms. The van der Waals surface area contributed by atoms with Gasteiger partial charge in [0, 0.05) is 0 Å². The molecule has 3 nitrogen and oxygen atoms in total. The van der Waals surface area contributed by atoms with Crippen molar-refractivity contribution in [2.75, 3.05) is 0 Å². The summed E-state index contributed by atoms with van der Waals surface area (Å²) in [4.78, 5) is 0. The molecule has 0 amide bonds. The molecule has 0 spiro atoms. The average molecular weight is 207 g/mol. The summed E-state index contributed by atoms with van der Waals surface area (Å²) >= 11 is 0. The van der Waals surface area contributed by atoms with Gasteiger partial charge in [0.05, 0.1) is 0 Å². The van der Waals surface area contributed by atoms with Gasteiger partial charge in [-0.2, -0.15) is 0 Å². The van der Waals surface area contributed by atoms with Crippen LogP contribution in [0.5, 0.6) is 0 Å². The van der Waals surface area contributed by atoms with Crippen LogP contribution < -0.4 is 206 Å². The van der Waals surface area contributed by atoms with Crippen molar-refractivity contribution in [2.24, 2.45) is 0 Å². The van der Waals surface area contributed by atoms with E-state index in [1.54, 1.807) is 0 Å². The average Bonchev–Trinajstić information content (AvgIpc) is 0. The molecule has 0 aliphatic carbocycles. The maximum absolute atomic E-state index is 0. The van der Waals surface area contributed by atoms with Crippen molar-refractivity contribution in [2.45, 2.75) is 0 Å². The van der Waals surface area contributed by atoms with Crippen LogP contribution in [0.25, 0.3) is 0 Å². The van der Waals surface area contributed by atoms with E-state index >= 15 is 0 Å². The fourth-order valence-corrected chi connectivity index (χ4v) is 0. The Morgan fingerprint density at radius 2 is 0.286 bits per heavy atom. The molecule has 0 radical (unpaired) electrons. The Kier molecular flexibility index (Phi) is 282. The molecule has 7 heavy (non-hydrogen) atoms. The Morgan fingerprint density at radius 3 is 0.286 bits per heavy atom. The topological polar surface area (TPSA) is 90.0 Å². The minimum absolute atomic E-state index is 0. The van der Waals surface area contributed by atoms with Gasteiger partial charge in [-0.25, -0.2) is 0 Å². The molecule has 0 aliphatic rings. The zero-order valence-corrected chi connectivity index (χ0v) is 17.8. The van der Waals surface area contributed by atoms with E-state index < -0.39 is 0 Å². The van der Waals surface area contributed by atoms with E-state index in [4.69, 9.17) is 0 Å². The summed E-state index contributed by atoms with van der Waals surface area (Å²) in [6, 6.07) is 0. The van der Waals surface area contributed by atoms with Crippen molar-refractivity contribution >= 4 is 0 Å². The Labute approximate surface area is 214 Å². The second-order valence-corrected chi connectivity index (χ2v) is 0. The maximum atomic E-state index is 0. The van der Waals surface area contributed by atoms with Gasteiger partial charge in [0.15, 0.2) is 0 Å². The molecule has 0 saturated heterocycles. The zero-order chi connectivity index (χ0) is 0. The number of rotatable bonds is 0. The number of hydrogen-bond donors (Lipinski definition) is 0. The van der Waals surface area contributed by atoms with Gasteiger partial charge in [-0.05, 0) is 0 Å². The van der Waals surface area contributed by atoms with Crippen LogP contribution in [0.4, 0.5) is 0 Å². The van der Waals surface area contributed by atoms with E-state index in [9.17, 15) is 0 Å². The zero-order valence-electron chi connectivity index (χ0n) is 5.34. The third kappa shape index (κ3) is 32.7. The Balaban J connectivity index is 0. The van der Waals surface area contributed by atoms with E-state index in [0.29, 0.717) is 0 Å². The normalized spacial score (nSPS) is 0. The predicted molar refractivity (Wildman–Crippen MR) is 5.81 cm³/mol. The monoisotopic (exact) mass is 207 g/mol. The molecule has 0 aromatic heterocycles. The summed E-state index contributed by atoms with van der Waals surface area (Å²) in [5.74, 6) is 0. The summed E-state index contributed by atoms with van der Waals surface area (Å²) in [6.45, 7) is 0. The molecule has 0 rings (SSSR count). The summed E-state index contributed by atoms with van der Waals surface area (Å²) in [7, 11) is 0. The van der Waals surface area contributed by atoms with Crippen molar-refractivity contribution in [1.82, 2.24) is 0 Å². The fourth-order valence-electron chi connectivity index (χ4n) is 0. The van der Waals surface area contributed by atoms with E-state index in [-0.39, 0.29) is 222 Å². The minimum atomic E-state index is 0. The number of hydrogen-bond acceptors (Lipinski definition) is 3. The Bertz CT molecular complexity index is 6.90. The molecule has 0 atom stereocenters. The van der Waals surface area contributed by atoms with Gasteiger partial charge in [-0.3, -0.25) is 0 Å².